The molecular weight excluding hydrogens is 382 g/mol. The van der Waals surface area contributed by atoms with E-state index in [4.69, 9.17) is 0 Å². The second-order valence-corrected chi connectivity index (χ2v) is 8.32. The van der Waals surface area contributed by atoms with Crippen molar-refractivity contribution in [3.8, 4) is 0 Å². The van der Waals surface area contributed by atoms with Gasteiger partial charge in [-0.2, -0.15) is 5.10 Å². The van der Waals surface area contributed by atoms with Crippen molar-refractivity contribution >= 4 is 11.6 Å². The summed E-state index contributed by atoms with van der Waals surface area (Å²) in [6.07, 6.45) is 4.33. The number of imidazole rings is 1. The van der Waals surface area contributed by atoms with Crippen LogP contribution in [0.5, 0.6) is 0 Å². The highest BCUT2D eigenvalue weighted by atomic mass is 16.3. The van der Waals surface area contributed by atoms with E-state index in [9.17, 15) is 14.7 Å². The van der Waals surface area contributed by atoms with Gasteiger partial charge in [0.15, 0.2) is 0 Å². The third-order valence-electron chi connectivity index (χ3n) is 6.03. The van der Waals surface area contributed by atoms with Crippen molar-refractivity contribution < 1.29 is 9.90 Å². The third kappa shape index (κ3) is 4.00. The average Bonchev–Trinajstić information content (AvgIpc) is 3.12. The number of aromatic nitrogens is 4. The molecule has 1 amide bonds. The highest BCUT2D eigenvalue weighted by Crippen LogP contribution is 2.26. The van der Waals surface area contributed by atoms with E-state index in [0.29, 0.717) is 32.4 Å². The Morgan fingerprint density at radius 3 is 2.63 bits per heavy atom. The van der Waals surface area contributed by atoms with Gasteiger partial charge >= 0.3 is 0 Å². The molecule has 8 nitrogen and oxygen atoms in total. The van der Waals surface area contributed by atoms with Gasteiger partial charge in [0.2, 0.25) is 11.6 Å². The molecule has 0 bridgehead atoms. The number of nitrogens with zero attached hydrogens (tertiary/aromatic N) is 5. The van der Waals surface area contributed by atoms with Gasteiger partial charge in [0.05, 0.1) is 24.0 Å². The van der Waals surface area contributed by atoms with Gasteiger partial charge in [-0.25, -0.2) is 9.50 Å². The number of carbonyl (C=O) groups is 1. The largest absolute Gasteiger partial charge is 0.388 e. The monoisotopic (exact) mass is 409 g/mol. The maximum atomic E-state index is 12.7. The molecule has 0 radical (unpaired) electrons. The minimum absolute atomic E-state index is 0.0986. The molecule has 1 N–H and O–H groups in total. The van der Waals surface area contributed by atoms with Gasteiger partial charge in [0.1, 0.15) is 6.33 Å². The smallest absolute Gasteiger partial charge is 0.296 e. The Labute approximate surface area is 174 Å². The van der Waals surface area contributed by atoms with Gasteiger partial charge < -0.3 is 10.0 Å². The van der Waals surface area contributed by atoms with Crippen molar-refractivity contribution in [1.29, 1.82) is 0 Å². The van der Waals surface area contributed by atoms with Crippen molar-refractivity contribution in [3.05, 3.63) is 64.5 Å². The normalized spacial score (nSPS) is 17.2. The maximum absolute atomic E-state index is 12.7. The van der Waals surface area contributed by atoms with E-state index in [-0.39, 0.29) is 29.6 Å². The first-order valence-electron chi connectivity index (χ1n) is 10.3. The number of fused-ring (bicyclic) bond motifs is 1. The Morgan fingerprint density at radius 2 is 1.93 bits per heavy atom. The van der Waals surface area contributed by atoms with Crippen molar-refractivity contribution in [2.45, 2.75) is 51.2 Å². The van der Waals surface area contributed by atoms with Gasteiger partial charge in [0.25, 0.3) is 5.56 Å². The van der Waals surface area contributed by atoms with E-state index in [1.807, 2.05) is 42.2 Å². The van der Waals surface area contributed by atoms with Gasteiger partial charge in [-0.05, 0) is 31.2 Å². The Hall–Kier alpha value is -3.00. The first-order chi connectivity index (χ1) is 14.4. The van der Waals surface area contributed by atoms with Crippen LogP contribution in [0.15, 0.2) is 47.7 Å². The molecule has 1 fully saturated rings. The summed E-state index contributed by atoms with van der Waals surface area (Å²) in [5.41, 5.74) is 0.857. The molecular formula is C22H27N5O3. The number of carbonyl (C=O) groups excluding carboxylic acids is 1. The Bertz CT molecular complexity index is 1100. The maximum Gasteiger partial charge on any atom is 0.296 e. The van der Waals surface area contributed by atoms with Crippen LogP contribution in [0.2, 0.25) is 0 Å². The Balaban J connectivity index is 1.38. The molecule has 1 aliphatic heterocycles. The van der Waals surface area contributed by atoms with Crippen LogP contribution < -0.4 is 5.56 Å². The molecule has 1 aliphatic rings. The van der Waals surface area contributed by atoms with Crippen molar-refractivity contribution in [2.75, 3.05) is 13.1 Å². The molecule has 0 saturated carbocycles. The van der Waals surface area contributed by atoms with Crippen LogP contribution in [0.4, 0.5) is 0 Å². The third-order valence-corrected chi connectivity index (χ3v) is 6.03. The van der Waals surface area contributed by atoms with Crippen molar-refractivity contribution in [2.24, 2.45) is 0 Å². The lowest BCUT2D eigenvalue weighted by Gasteiger charge is -2.38. The SMILES string of the molecule is Cc1cnc2c(=O)n(CC3(O)CCN(C(=O)C[C@@H](C)c4ccccc4)CC3)cnn12. The van der Waals surface area contributed by atoms with Gasteiger partial charge in [-0.1, -0.05) is 37.3 Å². The zero-order valence-electron chi connectivity index (χ0n) is 17.4. The summed E-state index contributed by atoms with van der Waals surface area (Å²) in [4.78, 5) is 31.3. The summed E-state index contributed by atoms with van der Waals surface area (Å²) in [7, 11) is 0. The highest BCUT2D eigenvalue weighted by molar-refractivity contribution is 5.77. The number of hydrogen-bond acceptors (Lipinski definition) is 5. The van der Waals surface area contributed by atoms with E-state index < -0.39 is 5.60 Å². The average molecular weight is 409 g/mol. The van der Waals surface area contributed by atoms with Crippen LogP contribution in [-0.4, -0.2) is 53.8 Å². The van der Waals surface area contributed by atoms with E-state index in [2.05, 4.69) is 17.0 Å². The number of likely N-dealkylation sites (tertiary alicyclic amines) is 1. The topological polar surface area (TPSA) is 92.7 Å². The summed E-state index contributed by atoms with van der Waals surface area (Å²) in [5.74, 6) is 0.246. The summed E-state index contributed by atoms with van der Waals surface area (Å²) in [5, 5.41) is 15.3. The van der Waals surface area contributed by atoms with Gasteiger partial charge in [-0.15, -0.1) is 0 Å². The minimum atomic E-state index is -1.05. The molecule has 3 heterocycles. The van der Waals surface area contributed by atoms with E-state index in [1.165, 1.54) is 15.4 Å². The molecule has 3 aromatic rings. The Kier molecular flexibility index (Phi) is 5.42. The van der Waals surface area contributed by atoms with Crippen LogP contribution in [0.3, 0.4) is 0 Å². The highest BCUT2D eigenvalue weighted by Gasteiger charge is 2.35. The van der Waals surface area contributed by atoms with Crippen molar-refractivity contribution in [1.82, 2.24) is 24.1 Å². The molecule has 0 unspecified atom stereocenters. The quantitative estimate of drug-likeness (QED) is 0.693. The zero-order chi connectivity index (χ0) is 21.3. The standard InChI is InChI=1S/C22H27N5O3/c1-16(18-6-4-3-5-7-18)12-19(28)25-10-8-22(30,9-11-25)14-26-15-24-27-17(2)13-23-20(27)21(26)29/h3-7,13,15-16,30H,8-12,14H2,1-2H3/t16-/m1/s1. The second-order valence-electron chi connectivity index (χ2n) is 8.32. The molecule has 8 heteroatoms. The minimum Gasteiger partial charge on any atom is -0.388 e. The lowest BCUT2D eigenvalue weighted by molar-refractivity contribution is -0.136. The molecule has 0 aliphatic carbocycles. The second kappa shape index (κ2) is 8.02. The summed E-state index contributed by atoms with van der Waals surface area (Å²) < 4.78 is 2.91. The number of aliphatic hydroxyl groups is 1. The fourth-order valence-electron chi connectivity index (χ4n) is 4.07. The summed E-state index contributed by atoms with van der Waals surface area (Å²) >= 11 is 0. The predicted octanol–water partition coefficient (Wildman–Crippen LogP) is 1.75. The van der Waals surface area contributed by atoms with E-state index in [1.54, 1.807) is 6.20 Å². The fraction of sp³-hybridized carbons (Fsp3) is 0.455. The number of amides is 1. The lowest BCUT2D eigenvalue weighted by Crippen LogP contribution is -2.50. The van der Waals surface area contributed by atoms with Crippen LogP contribution in [0, 0.1) is 6.92 Å². The van der Waals surface area contributed by atoms with Crippen molar-refractivity contribution in [3.63, 3.8) is 0 Å². The van der Waals surface area contributed by atoms with E-state index >= 15 is 0 Å². The molecule has 1 atom stereocenters. The van der Waals surface area contributed by atoms with Crippen LogP contribution in [0.1, 0.15) is 43.4 Å². The molecule has 1 aromatic carbocycles. The lowest BCUT2D eigenvalue weighted by atomic mass is 9.90. The first-order valence-corrected chi connectivity index (χ1v) is 10.3. The predicted molar refractivity (Wildman–Crippen MR) is 112 cm³/mol. The fourth-order valence-corrected chi connectivity index (χ4v) is 4.07. The van der Waals surface area contributed by atoms with Gasteiger partial charge in [-0.3, -0.25) is 14.2 Å². The number of hydrogen-bond donors (Lipinski definition) is 1. The number of aryl methyl sites for hydroxylation is 1. The molecule has 158 valence electrons. The Morgan fingerprint density at radius 1 is 1.23 bits per heavy atom. The van der Waals surface area contributed by atoms with Crippen LogP contribution in [0.25, 0.3) is 5.65 Å². The molecule has 0 spiro atoms. The number of benzene rings is 1. The zero-order valence-corrected chi connectivity index (χ0v) is 17.4. The molecule has 1 saturated heterocycles. The summed E-state index contributed by atoms with van der Waals surface area (Å²) in [6.45, 7) is 4.98. The molecule has 30 heavy (non-hydrogen) atoms. The van der Waals surface area contributed by atoms with Crippen LogP contribution in [-0.2, 0) is 11.3 Å². The molecule has 2 aromatic heterocycles. The van der Waals surface area contributed by atoms with Crippen LogP contribution >= 0.6 is 0 Å². The van der Waals surface area contributed by atoms with E-state index in [0.717, 1.165) is 11.3 Å². The summed E-state index contributed by atoms with van der Waals surface area (Å²) in [6, 6.07) is 10.0. The first kappa shape index (κ1) is 20.3. The number of rotatable bonds is 5. The van der Waals surface area contributed by atoms with Gasteiger partial charge in [0, 0.05) is 19.5 Å². The number of piperidine rings is 1. The molecule has 4 rings (SSSR count).